The normalized spacial score (nSPS) is 30.0. The van der Waals surface area contributed by atoms with E-state index in [0.717, 1.165) is 25.7 Å². The number of anilines is 1. The predicted molar refractivity (Wildman–Crippen MR) is 123 cm³/mol. The summed E-state index contributed by atoms with van der Waals surface area (Å²) in [5, 5.41) is 33.2. The molecule has 4 rings (SSSR count). The number of amides is 1. The Labute approximate surface area is 197 Å². The Balaban J connectivity index is 1.51. The molecule has 0 spiro atoms. The third-order valence-corrected chi connectivity index (χ3v) is 6.73. The minimum atomic E-state index is -1.41. The van der Waals surface area contributed by atoms with E-state index in [-0.39, 0.29) is 17.7 Å². The third kappa shape index (κ3) is 4.86. The molecule has 1 aliphatic heterocycles. The van der Waals surface area contributed by atoms with Gasteiger partial charge in [0.05, 0.1) is 12.4 Å². The summed E-state index contributed by atoms with van der Waals surface area (Å²) in [6.07, 6.45) is 0.828. The lowest BCUT2D eigenvalue weighted by atomic mass is 9.78. The summed E-state index contributed by atoms with van der Waals surface area (Å²) in [7, 11) is 0. The maximum Gasteiger partial charge on any atom is 0.252 e. The van der Waals surface area contributed by atoms with Crippen LogP contribution >= 0.6 is 0 Å². The minimum Gasteiger partial charge on any atom is -0.393 e. The van der Waals surface area contributed by atoms with Gasteiger partial charge < -0.3 is 31.1 Å². The van der Waals surface area contributed by atoms with Crippen molar-refractivity contribution in [2.24, 2.45) is 11.8 Å². The highest BCUT2D eigenvalue weighted by Crippen LogP contribution is 2.33. The summed E-state index contributed by atoms with van der Waals surface area (Å²) in [5.74, 6) is 6.81. The number of nitrogens with zero attached hydrogens (tertiary/aromatic N) is 4. The first-order chi connectivity index (χ1) is 16.3. The molecule has 3 heterocycles. The van der Waals surface area contributed by atoms with Gasteiger partial charge in [0.25, 0.3) is 5.91 Å². The van der Waals surface area contributed by atoms with E-state index in [2.05, 4.69) is 32.1 Å². The zero-order chi connectivity index (χ0) is 24.4. The number of aliphatic hydroxyl groups is 3. The van der Waals surface area contributed by atoms with Crippen molar-refractivity contribution in [1.82, 2.24) is 24.8 Å². The van der Waals surface area contributed by atoms with Crippen molar-refractivity contribution in [3.63, 3.8) is 0 Å². The molecule has 2 aliphatic rings. The van der Waals surface area contributed by atoms with Crippen molar-refractivity contribution in [3.8, 4) is 11.8 Å². The molecule has 2 fully saturated rings. The maximum atomic E-state index is 12.2. The highest BCUT2D eigenvalue weighted by Gasteiger charge is 2.47. The van der Waals surface area contributed by atoms with Gasteiger partial charge in [0.1, 0.15) is 17.7 Å². The number of carbonyl (C=O) groups excluding carboxylic acids is 1. The highest BCUT2D eigenvalue weighted by molar-refractivity contribution is 5.83. The first-order valence-corrected chi connectivity index (χ1v) is 11.8. The zero-order valence-corrected chi connectivity index (χ0v) is 19.4. The van der Waals surface area contributed by atoms with E-state index in [4.69, 9.17) is 10.5 Å². The Bertz CT molecular complexity index is 1080. The number of likely N-dealkylation sites (N-methyl/N-ethyl adjacent to an activating group) is 1. The average Bonchev–Trinajstić information content (AvgIpc) is 3.36. The van der Waals surface area contributed by atoms with Gasteiger partial charge in [-0.25, -0.2) is 15.0 Å². The molecule has 1 saturated carbocycles. The van der Waals surface area contributed by atoms with Crippen molar-refractivity contribution >= 4 is 22.9 Å². The number of hydrogen-bond acceptors (Lipinski definition) is 9. The molecule has 2 aromatic heterocycles. The Morgan fingerprint density at radius 3 is 2.71 bits per heavy atom. The number of imidazole rings is 1. The fraction of sp³-hybridized carbons (Fsp3) is 0.652. The number of aromatic nitrogens is 4. The summed E-state index contributed by atoms with van der Waals surface area (Å²) in [6.45, 7) is 3.97. The Morgan fingerprint density at radius 1 is 1.29 bits per heavy atom. The molecule has 184 valence electrons. The quantitative estimate of drug-likeness (QED) is 0.379. The Hall–Kier alpha value is -2.78. The second-order valence-corrected chi connectivity index (χ2v) is 9.11. The van der Waals surface area contributed by atoms with Crippen molar-refractivity contribution < 1.29 is 24.9 Å². The van der Waals surface area contributed by atoms with Gasteiger partial charge in [-0.2, -0.15) is 0 Å². The molecule has 5 atom stereocenters. The molecule has 6 N–H and O–H groups in total. The maximum absolute atomic E-state index is 12.2. The number of nitrogens with two attached hydrogens (primary N) is 1. The number of fused-ring (bicyclic) bond motifs is 1. The van der Waals surface area contributed by atoms with Gasteiger partial charge in [-0.3, -0.25) is 9.36 Å². The molecule has 11 nitrogen and oxygen atoms in total. The molecular formula is C23H32N6O5. The number of ether oxygens (including phenoxy) is 1. The number of aliphatic hydroxyl groups excluding tert-OH is 3. The molecule has 1 amide bonds. The van der Waals surface area contributed by atoms with Crippen LogP contribution in [0.15, 0.2) is 6.33 Å². The lowest BCUT2D eigenvalue weighted by Crippen LogP contribution is -2.42. The van der Waals surface area contributed by atoms with Crippen LogP contribution in [-0.4, -0.2) is 71.7 Å². The Kier molecular flexibility index (Phi) is 7.33. The molecule has 2 unspecified atom stereocenters. The van der Waals surface area contributed by atoms with Crippen molar-refractivity contribution in [2.75, 3.05) is 12.3 Å². The lowest BCUT2D eigenvalue weighted by molar-refractivity contribution is -0.137. The zero-order valence-electron chi connectivity index (χ0n) is 19.4. The first kappa shape index (κ1) is 24.3. The van der Waals surface area contributed by atoms with Gasteiger partial charge in [-0.05, 0) is 57.3 Å². The number of rotatable bonds is 5. The number of nitrogen functional groups attached to an aromatic ring is 1. The average molecular weight is 473 g/mol. The molecule has 34 heavy (non-hydrogen) atoms. The van der Waals surface area contributed by atoms with Crippen LogP contribution in [0.2, 0.25) is 0 Å². The van der Waals surface area contributed by atoms with Gasteiger partial charge in [-0.1, -0.05) is 5.92 Å². The monoisotopic (exact) mass is 472 g/mol. The minimum absolute atomic E-state index is 0.138. The molecule has 2 aromatic rings. The van der Waals surface area contributed by atoms with Gasteiger partial charge in [-0.15, -0.1) is 0 Å². The van der Waals surface area contributed by atoms with Crippen molar-refractivity contribution in [3.05, 3.63) is 12.2 Å². The molecule has 0 bridgehead atoms. The van der Waals surface area contributed by atoms with Crippen LogP contribution in [0.3, 0.4) is 0 Å². The summed E-state index contributed by atoms with van der Waals surface area (Å²) in [6, 6.07) is 0. The lowest BCUT2D eigenvalue weighted by Gasteiger charge is -2.29. The summed E-state index contributed by atoms with van der Waals surface area (Å²) in [5.41, 5.74) is 6.68. The Morgan fingerprint density at radius 2 is 2.03 bits per heavy atom. The van der Waals surface area contributed by atoms with Gasteiger partial charge >= 0.3 is 0 Å². The number of nitrogens with one attached hydrogen (secondary N) is 1. The van der Waals surface area contributed by atoms with E-state index in [0.29, 0.717) is 36.0 Å². The molecule has 11 heteroatoms. The van der Waals surface area contributed by atoms with E-state index in [1.54, 1.807) is 6.92 Å². The fourth-order valence-corrected chi connectivity index (χ4v) is 4.71. The summed E-state index contributed by atoms with van der Waals surface area (Å²) in [4.78, 5) is 25.1. The van der Waals surface area contributed by atoms with Gasteiger partial charge in [0.15, 0.2) is 23.8 Å². The smallest absolute Gasteiger partial charge is 0.252 e. The largest absolute Gasteiger partial charge is 0.393 e. The first-order valence-electron chi connectivity index (χ1n) is 11.8. The molecule has 1 aliphatic carbocycles. The van der Waals surface area contributed by atoms with Crippen LogP contribution in [-0.2, 0) is 9.53 Å². The van der Waals surface area contributed by atoms with Crippen LogP contribution in [0.4, 0.5) is 5.82 Å². The van der Waals surface area contributed by atoms with Crippen LogP contribution in [0.5, 0.6) is 0 Å². The number of carbonyl (C=O) groups is 1. The summed E-state index contributed by atoms with van der Waals surface area (Å²) < 4.78 is 7.11. The van der Waals surface area contributed by atoms with Gasteiger partial charge in [0, 0.05) is 13.0 Å². The fourth-order valence-electron chi connectivity index (χ4n) is 4.71. The highest BCUT2D eigenvalue weighted by atomic mass is 16.6. The molecule has 1 saturated heterocycles. The van der Waals surface area contributed by atoms with Crippen LogP contribution < -0.4 is 11.1 Å². The predicted octanol–water partition coefficient (Wildman–Crippen LogP) is 0.0926. The standard InChI is InChI=1S/C23H32N6O5/c1-3-25-22(33)19-17(31)18(32)23(34-19)29-11-26-16-20(24)27-15(28-21(16)29)6-4-5-13-7-9-14(10-8-13)12(2)30/h11-14,17-19,23,30-32H,3,5,7-10H2,1-2H3,(H,25,33)(H2,24,27,28)/t12?,13?,14?,17-,18?,19+,23-/m1/s1. The van der Waals surface area contributed by atoms with Crippen LogP contribution in [0.1, 0.15) is 58.0 Å². The topological polar surface area (TPSA) is 169 Å². The second kappa shape index (κ2) is 10.2. The molecular weight excluding hydrogens is 440 g/mol. The summed E-state index contributed by atoms with van der Waals surface area (Å²) >= 11 is 0. The van der Waals surface area contributed by atoms with E-state index >= 15 is 0 Å². The number of hydrogen-bond donors (Lipinski definition) is 5. The van der Waals surface area contributed by atoms with Gasteiger partial charge in [0.2, 0.25) is 5.82 Å². The SMILES string of the molecule is CCNC(=O)[C@H]1O[C@@H](n2cnc3c(N)nc(C#CCC4CCC(C(C)O)CC4)nc32)C(O)[C@H]1O. The van der Waals surface area contributed by atoms with Crippen LogP contribution in [0, 0.1) is 23.7 Å². The molecule has 0 aromatic carbocycles. The third-order valence-electron chi connectivity index (χ3n) is 6.73. The van der Waals surface area contributed by atoms with E-state index in [1.807, 2.05) is 6.92 Å². The van der Waals surface area contributed by atoms with Crippen LogP contribution in [0.25, 0.3) is 11.2 Å². The van der Waals surface area contributed by atoms with E-state index in [9.17, 15) is 20.1 Å². The van der Waals surface area contributed by atoms with E-state index < -0.39 is 30.4 Å². The second-order valence-electron chi connectivity index (χ2n) is 9.11. The van der Waals surface area contributed by atoms with E-state index in [1.165, 1.54) is 10.9 Å². The molecule has 0 radical (unpaired) electrons. The van der Waals surface area contributed by atoms with Crippen molar-refractivity contribution in [2.45, 2.75) is 76.6 Å². The van der Waals surface area contributed by atoms with Crippen molar-refractivity contribution in [1.29, 1.82) is 0 Å².